The van der Waals surface area contributed by atoms with Gasteiger partial charge in [-0.15, -0.1) is 11.8 Å². The number of hydrogen-bond donors (Lipinski definition) is 1. The molecule has 1 aromatic rings. The number of amides is 2. The van der Waals surface area contributed by atoms with Crippen LogP contribution in [0.25, 0.3) is 0 Å². The standard InChI is InChI=1S/C19H24N4O8S2/c1-13(18(24)21-8-7-20)32-12-16-9-17(31-33(2,28)29)10-22(16)19(25)30-11-14-3-5-15(6-4-14)23(26)27/h3-6,13,16-17H,8-12H2,1-2H3,(H,21,24)/t13?,16-,17-/m0/s1. The maximum atomic E-state index is 12.7. The van der Waals surface area contributed by atoms with Crippen molar-refractivity contribution in [3.63, 3.8) is 0 Å². The van der Waals surface area contributed by atoms with Crippen LogP contribution in [0.15, 0.2) is 24.3 Å². The third kappa shape index (κ3) is 8.52. The largest absolute Gasteiger partial charge is 0.445 e. The van der Waals surface area contributed by atoms with E-state index in [1.807, 2.05) is 6.07 Å². The van der Waals surface area contributed by atoms with Crippen molar-refractivity contribution in [3.05, 3.63) is 39.9 Å². The molecule has 0 saturated carbocycles. The first-order valence-corrected chi connectivity index (χ1v) is 12.7. The van der Waals surface area contributed by atoms with Gasteiger partial charge in [0.05, 0.1) is 35.1 Å². The lowest BCUT2D eigenvalue weighted by Gasteiger charge is -2.24. The average Bonchev–Trinajstić information content (AvgIpc) is 3.15. The highest BCUT2D eigenvalue weighted by Gasteiger charge is 2.38. The third-order valence-corrected chi connectivity index (χ3v) is 6.59. The quantitative estimate of drug-likeness (QED) is 0.214. The Bertz CT molecular complexity index is 1010. The Morgan fingerprint density at radius 3 is 2.64 bits per heavy atom. The van der Waals surface area contributed by atoms with E-state index in [2.05, 4.69) is 5.32 Å². The van der Waals surface area contributed by atoms with Crippen molar-refractivity contribution < 1.29 is 31.9 Å². The van der Waals surface area contributed by atoms with Gasteiger partial charge in [-0.3, -0.25) is 19.1 Å². The van der Waals surface area contributed by atoms with Gasteiger partial charge in [-0.05, 0) is 31.0 Å². The molecule has 0 spiro atoms. The smallest absolute Gasteiger partial charge is 0.410 e. The number of non-ortho nitro benzene ring substituents is 1. The minimum Gasteiger partial charge on any atom is -0.445 e. The summed E-state index contributed by atoms with van der Waals surface area (Å²) in [5.74, 6) is -0.00649. The molecular weight excluding hydrogens is 476 g/mol. The Morgan fingerprint density at radius 1 is 1.39 bits per heavy atom. The molecule has 2 amide bonds. The fourth-order valence-electron chi connectivity index (χ4n) is 3.12. The monoisotopic (exact) mass is 500 g/mol. The number of thioether (sulfide) groups is 1. The first-order valence-electron chi connectivity index (χ1n) is 9.81. The molecule has 180 valence electrons. The Kier molecular flexibility index (Phi) is 9.44. The van der Waals surface area contributed by atoms with E-state index >= 15 is 0 Å². The lowest BCUT2D eigenvalue weighted by atomic mass is 10.2. The van der Waals surface area contributed by atoms with Crippen LogP contribution in [0.5, 0.6) is 0 Å². The van der Waals surface area contributed by atoms with E-state index in [9.17, 15) is 28.1 Å². The number of nitro benzene ring substituents is 1. The predicted molar refractivity (Wildman–Crippen MR) is 119 cm³/mol. The number of nitrogens with one attached hydrogen (secondary N) is 1. The van der Waals surface area contributed by atoms with Gasteiger partial charge in [0.15, 0.2) is 0 Å². The molecular formula is C19H24N4O8S2. The SMILES string of the molecule is CC(SC[C@@H]1C[C@H](OS(C)(=O)=O)CN1C(=O)OCc1ccc([N+](=O)[O-])cc1)C(=O)NCC#N. The highest BCUT2D eigenvalue weighted by Crippen LogP contribution is 2.27. The van der Waals surface area contributed by atoms with Crippen LogP contribution in [-0.4, -0.2) is 72.7 Å². The van der Waals surface area contributed by atoms with E-state index in [4.69, 9.17) is 14.2 Å². The van der Waals surface area contributed by atoms with Crippen LogP contribution in [0.2, 0.25) is 0 Å². The second kappa shape index (κ2) is 11.8. The van der Waals surface area contributed by atoms with Crippen molar-refractivity contribution >= 4 is 39.6 Å². The van der Waals surface area contributed by atoms with Crippen LogP contribution in [0.4, 0.5) is 10.5 Å². The average molecular weight is 501 g/mol. The number of rotatable bonds is 10. The van der Waals surface area contributed by atoms with Crippen molar-refractivity contribution in [1.82, 2.24) is 10.2 Å². The first-order chi connectivity index (χ1) is 15.5. The summed E-state index contributed by atoms with van der Waals surface area (Å²) in [4.78, 5) is 36.2. The summed E-state index contributed by atoms with van der Waals surface area (Å²) in [6.07, 6.45) is -0.284. The molecule has 33 heavy (non-hydrogen) atoms. The van der Waals surface area contributed by atoms with Crippen LogP contribution < -0.4 is 5.32 Å². The Morgan fingerprint density at radius 2 is 2.06 bits per heavy atom. The summed E-state index contributed by atoms with van der Waals surface area (Å²) < 4.78 is 33.4. The number of likely N-dealkylation sites (tertiary alicyclic amines) is 1. The molecule has 1 heterocycles. The molecule has 1 saturated heterocycles. The lowest BCUT2D eigenvalue weighted by Crippen LogP contribution is -2.39. The minimum absolute atomic E-state index is 0.00754. The highest BCUT2D eigenvalue weighted by atomic mass is 32.2. The summed E-state index contributed by atoms with van der Waals surface area (Å²) in [5.41, 5.74) is 0.459. The van der Waals surface area contributed by atoms with Crippen molar-refractivity contribution in [1.29, 1.82) is 5.26 Å². The first kappa shape index (κ1) is 26.4. The molecule has 1 aliphatic heterocycles. The van der Waals surface area contributed by atoms with Crippen molar-refractivity contribution in [2.45, 2.75) is 37.3 Å². The lowest BCUT2D eigenvalue weighted by molar-refractivity contribution is -0.384. The number of hydrogen-bond acceptors (Lipinski definition) is 10. The van der Waals surface area contributed by atoms with Gasteiger partial charge >= 0.3 is 6.09 Å². The summed E-state index contributed by atoms with van der Waals surface area (Å²) in [6.45, 7) is 1.41. The van der Waals surface area contributed by atoms with Gasteiger partial charge in [-0.1, -0.05) is 0 Å². The zero-order valence-electron chi connectivity index (χ0n) is 18.0. The van der Waals surface area contributed by atoms with E-state index < -0.39 is 38.5 Å². The molecule has 0 aromatic heterocycles. The zero-order valence-corrected chi connectivity index (χ0v) is 19.6. The molecule has 14 heteroatoms. The topological polar surface area (TPSA) is 169 Å². The number of carbonyl (C=O) groups is 2. The molecule has 1 aromatic carbocycles. The molecule has 0 bridgehead atoms. The predicted octanol–water partition coefficient (Wildman–Crippen LogP) is 1.41. The van der Waals surface area contributed by atoms with Crippen molar-refractivity contribution in [2.24, 2.45) is 0 Å². The van der Waals surface area contributed by atoms with Crippen LogP contribution in [0.1, 0.15) is 18.9 Å². The van der Waals surface area contributed by atoms with E-state index in [-0.39, 0.29) is 37.7 Å². The minimum atomic E-state index is -3.74. The number of benzene rings is 1. The van der Waals surface area contributed by atoms with Crippen LogP contribution in [-0.2, 0) is 30.4 Å². The van der Waals surface area contributed by atoms with Gasteiger partial charge < -0.3 is 15.0 Å². The van der Waals surface area contributed by atoms with Crippen molar-refractivity contribution in [3.8, 4) is 6.07 Å². The normalized spacial score (nSPS) is 18.9. The van der Waals surface area contributed by atoms with E-state index in [0.717, 1.165) is 6.26 Å². The summed E-state index contributed by atoms with van der Waals surface area (Å²) in [5, 5.41) is 21.3. The van der Waals surface area contributed by atoms with Crippen molar-refractivity contribution in [2.75, 3.05) is 25.1 Å². The molecule has 2 rings (SSSR count). The van der Waals surface area contributed by atoms with Gasteiger partial charge in [0.2, 0.25) is 5.91 Å². The fraction of sp³-hybridized carbons (Fsp3) is 0.526. The Hall–Kier alpha value is -2.89. The van der Waals surface area contributed by atoms with E-state index in [0.29, 0.717) is 11.3 Å². The van der Waals surface area contributed by atoms with E-state index in [1.165, 1.54) is 40.9 Å². The molecule has 1 fully saturated rings. The number of nitriles is 1. The molecule has 12 nitrogen and oxygen atoms in total. The number of nitro groups is 1. The Labute approximate surface area is 195 Å². The molecule has 3 atom stereocenters. The second-order valence-electron chi connectivity index (χ2n) is 7.29. The third-order valence-electron chi connectivity index (χ3n) is 4.68. The maximum absolute atomic E-state index is 12.7. The summed E-state index contributed by atoms with van der Waals surface area (Å²) in [7, 11) is -3.74. The second-order valence-corrected chi connectivity index (χ2v) is 10.3. The molecule has 0 radical (unpaired) electrons. The van der Waals surface area contributed by atoms with Crippen LogP contribution in [0, 0.1) is 21.4 Å². The number of carbonyl (C=O) groups excluding carboxylic acids is 2. The van der Waals surface area contributed by atoms with Gasteiger partial charge in [-0.2, -0.15) is 13.7 Å². The molecule has 1 N–H and O–H groups in total. The highest BCUT2D eigenvalue weighted by molar-refractivity contribution is 8.00. The molecule has 1 unspecified atom stereocenters. The number of ether oxygens (including phenoxy) is 1. The summed E-state index contributed by atoms with van der Waals surface area (Å²) >= 11 is 1.25. The van der Waals surface area contributed by atoms with Gasteiger partial charge in [0.25, 0.3) is 15.8 Å². The molecule has 1 aliphatic rings. The van der Waals surface area contributed by atoms with Gasteiger partial charge in [0, 0.05) is 23.9 Å². The molecule has 0 aliphatic carbocycles. The fourth-order valence-corrected chi connectivity index (χ4v) is 4.81. The Balaban J connectivity index is 2.00. The zero-order chi connectivity index (χ0) is 24.6. The van der Waals surface area contributed by atoms with Crippen LogP contribution in [0.3, 0.4) is 0 Å². The summed E-state index contributed by atoms with van der Waals surface area (Å²) in [6, 6.07) is 6.91. The van der Waals surface area contributed by atoms with Gasteiger partial charge in [0.1, 0.15) is 13.2 Å². The maximum Gasteiger partial charge on any atom is 0.410 e. The van der Waals surface area contributed by atoms with Gasteiger partial charge in [-0.25, -0.2) is 4.79 Å². The van der Waals surface area contributed by atoms with E-state index in [1.54, 1.807) is 6.92 Å². The van der Waals surface area contributed by atoms with Crippen LogP contribution >= 0.6 is 11.8 Å². The number of nitrogens with zero attached hydrogens (tertiary/aromatic N) is 3.